The average Bonchev–Trinajstić information content (AvgIpc) is 2.91. The van der Waals surface area contributed by atoms with Crippen molar-refractivity contribution < 1.29 is 14.3 Å². The number of benzene rings is 3. The van der Waals surface area contributed by atoms with Gasteiger partial charge in [0, 0.05) is 31.2 Å². The number of fused-ring (bicyclic) bond motifs is 1. The first-order valence-electron chi connectivity index (χ1n) is 12.4. The molecule has 1 aromatic heterocycles. The van der Waals surface area contributed by atoms with E-state index in [1.807, 2.05) is 6.07 Å². The van der Waals surface area contributed by atoms with Crippen LogP contribution in [0.4, 0.5) is 10.2 Å². The molecular weight excluding hydrogens is 453 g/mol. The first-order valence-corrected chi connectivity index (χ1v) is 12.4. The summed E-state index contributed by atoms with van der Waals surface area (Å²) in [7, 11) is 0. The molecule has 1 fully saturated rings. The number of hydrogen-bond acceptors (Lipinski definition) is 4. The molecule has 0 bridgehead atoms. The third kappa shape index (κ3) is 5.09. The quantitative estimate of drug-likeness (QED) is 0.336. The molecule has 184 valence electrons. The van der Waals surface area contributed by atoms with Crippen LogP contribution in [0.3, 0.4) is 0 Å². The summed E-state index contributed by atoms with van der Waals surface area (Å²) in [5.74, 6) is -0.0421. The fraction of sp³-hybridized carbons (Fsp3) is 0.267. The Bertz CT molecular complexity index is 1350. The topological polar surface area (TPSA) is 65.5 Å². The SMILES string of the molecule is C[C@@H](NCC1CCN(c2ccc(C(=O)O)cn2)CC1c1cccc(F)c1)c1cccc2ccccc12. The Kier molecular flexibility index (Phi) is 6.96. The van der Waals surface area contributed by atoms with E-state index in [0.717, 1.165) is 30.9 Å². The lowest BCUT2D eigenvalue weighted by Gasteiger charge is -2.40. The van der Waals surface area contributed by atoms with Gasteiger partial charge < -0.3 is 15.3 Å². The van der Waals surface area contributed by atoms with E-state index in [-0.39, 0.29) is 23.3 Å². The molecule has 4 aromatic rings. The van der Waals surface area contributed by atoms with Crippen molar-refractivity contribution in [2.45, 2.75) is 25.3 Å². The molecule has 5 nitrogen and oxygen atoms in total. The smallest absolute Gasteiger partial charge is 0.337 e. The van der Waals surface area contributed by atoms with Gasteiger partial charge in [0.15, 0.2) is 0 Å². The van der Waals surface area contributed by atoms with Crippen molar-refractivity contribution in [3.8, 4) is 0 Å². The molecule has 1 aliphatic rings. The lowest BCUT2D eigenvalue weighted by Crippen LogP contribution is -2.43. The highest BCUT2D eigenvalue weighted by molar-refractivity contribution is 5.87. The monoisotopic (exact) mass is 483 g/mol. The highest BCUT2D eigenvalue weighted by atomic mass is 19.1. The number of rotatable bonds is 7. The van der Waals surface area contributed by atoms with Crippen LogP contribution in [0.1, 0.15) is 46.8 Å². The number of pyridine rings is 1. The highest BCUT2D eigenvalue weighted by Crippen LogP contribution is 2.35. The van der Waals surface area contributed by atoms with Crippen LogP contribution in [0, 0.1) is 11.7 Å². The van der Waals surface area contributed by atoms with Crippen LogP contribution in [0.5, 0.6) is 0 Å². The molecule has 2 heterocycles. The molecule has 0 saturated carbocycles. The Morgan fingerprint density at radius 3 is 2.69 bits per heavy atom. The van der Waals surface area contributed by atoms with E-state index in [9.17, 15) is 14.3 Å². The molecule has 1 aliphatic heterocycles. The molecule has 0 spiro atoms. The van der Waals surface area contributed by atoms with Crippen LogP contribution in [0.2, 0.25) is 0 Å². The van der Waals surface area contributed by atoms with Crippen molar-refractivity contribution in [2.24, 2.45) is 5.92 Å². The molecule has 3 atom stereocenters. The third-order valence-electron chi connectivity index (χ3n) is 7.33. The zero-order chi connectivity index (χ0) is 25.1. The third-order valence-corrected chi connectivity index (χ3v) is 7.33. The lowest BCUT2D eigenvalue weighted by atomic mass is 9.80. The summed E-state index contributed by atoms with van der Waals surface area (Å²) in [4.78, 5) is 17.8. The first-order chi connectivity index (χ1) is 17.5. The van der Waals surface area contributed by atoms with E-state index in [4.69, 9.17) is 0 Å². The maximum absolute atomic E-state index is 14.2. The van der Waals surface area contributed by atoms with Gasteiger partial charge in [0.1, 0.15) is 11.6 Å². The molecule has 36 heavy (non-hydrogen) atoms. The second-order valence-corrected chi connectivity index (χ2v) is 9.56. The number of carboxylic acids is 1. The summed E-state index contributed by atoms with van der Waals surface area (Å²) >= 11 is 0. The average molecular weight is 484 g/mol. The summed E-state index contributed by atoms with van der Waals surface area (Å²) in [5, 5.41) is 15.4. The number of nitrogens with one attached hydrogen (secondary N) is 1. The normalized spacial score (nSPS) is 18.8. The standard InChI is InChI=1S/C30H30FN3O2/c1-20(26-11-5-7-21-6-2-3-10-27(21)26)32-17-23-14-15-34(29-13-12-24(18-33-29)30(35)36)19-28(23)22-8-4-9-25(31)16-22/h2-13,16,18,20,23,28,32H,14-15,17,19H2,1H3,(H,35,36)/t20-,23?,28?/m1/s1. The summed E-state index contributed by atoms with van der Waals surface area (Å²) in [5.41, 5.74) is 2.42. The van der Waals surface area contributed by atoms with E-state index < -0.39 is 5.97 Å². The Labute approximate surface area is 210 Å². The van der Waals surface area contributed by atoms with Gasteiger partial charge in [-0.1, -0.05) is 54.6 Å². The first kappa shape index (κ1) is 23.9. The van der Waals surface area contributed by atoms with E-state index in [0.29, 0.717) is 12.5 Å². The van der Waals surface area contributed by atoms with E-state index in [2.05, 4.69) is 64.6 Å². The number of aromatic nitrogens is 1. The molecule has 6 heteroatoms. The number of nitrogens with zero attached hydrogens (tertiary/aromatic N) is 2. The molecule has 0 radical (unpaired) electrons. The van der Waals surface area contributed by atoms with Crippen molar-refractivity contribution >= 4 is 22.6 Å². The van der Waals surface area contributed by atoms with Gasteiger partial charge in [-0.05, 0) is 72.0 Å². The number of anilines is 1. The predicted molar refractivity (Wildman–Crippen MR) is 141 cm³/mol. The van der Waals surface area contributed by atoms with Crippen molar-refractivity contribution in [1.82, 2.24) is 10.3 Å². The van der Waals surface area contributed by atoms with Crippen LogP contribution in [0.15, 0.2) is 85.1 Å². The molecule has 2 unspecified atom stereocenters. The Morgan fingerprint density at radius 2 is 1.92 bits per heavy atom. The molecule has 2 N–H and O–H groups in total. The molecule has 1 saturated heterocycles. The van der Waals surface area contributed by atoms with Gasteiger partial charge in [0.05, 0.1) is 5.56 Å². The summed E-state index contributed by atoms with van der Waals surface area (Å²) < 4.78 is 14.2. The van der Waals surface area contributed by atoms with Gasteiger partial charge in [0.25, 0.3) is 0 Å². The molecular formula is C30H30FN3O2. The van der Waals surface area contributed by atoms with Crippen molar-refractivity contribution in [2.75, 3.05) is 24.5 Å². The van der Waals surface area contributed by atoms with Crippen molar-refractivity contribution in [1.29, 1.82) is 0 Å². The fourth-order valence-corrected chi connectivity index (χ4v) is 5.33. The van der Waals surface area contributed by atoms with Crippen LogP contribution >= 0.6 is 0 Å². The van der Waals surface area contributed by atoms with Gasteiger partial charge in [-0.3, -0.25) is 0 Å². The number of halogens is 1. The van der Waals surface area contributed by atoms with Gasteiger partial charge >= 0.3 is 5.97 Å². The number of piperidine rings is 1. The highest BCUT2D eigenvalue weighted by Gasteiger charge is 2.31. The van der Waals surface area contributed by atoms with E-state index in [1.165, 1.54) is 28.6 Å². The van der Waals surface area contributed by atoms with Gasteiger partial charge in [-0.25, -0.2) is 14.2 Å². The van der Waals surface area contributed by atoms with E-state index >= 15 is 0 Å². The van der Waals surface area contributed by atoms with E-state index in [1.54, 1.807) is 24.3 Å². The van der Waals surface area contributed by atoms with Crippen LogP contribution in [-0.2, 0) is 0 Å². The lowest BCUT2D eigenvalue weighted by molar-refractivity contribution is 0.0696. The molecule has 0 aliphatic carbocycles. The Hall–Kier alpha value is -3.77. The molecule has 3 aromatic carbocycles. The largest absolute Gasteiger partial charge is 0.478 e. The fourth-order valence-electron chi connectivity index (χ4n) is 5.33. The predicted octanol–water partition coefficient (Wildman–Crippen LogP) is 6.03. The number of carbonyl (C=O) groups is 1. The Morgan fingerprint density at radius 1 is 1.11 bits per heavy atom. The Balaban J connectivity index is 1.35. The summed E-state index contributed by atoms with van der Waals surface area (Å²) in [6.45, 7) is 4.50. The molecule has 5 rings (SSSR count). The zero-order valence-corrected chi connectivity index (χ0v) is 20.3. The maximum atomic E-state index is 14.2. The van der Waals surface area contributed by atoms with Crippen LogP contribution in [-0.4, -0.2) is 35.7 Å². The van der Waals surface area contributed by atoms with Crippen molar-refractivity contribution in [3.63, 3.8) is 0 Å². The van der Waals surface area contributed by atoms with Crippen molar-refractivity contribution in [3.05, 3.63) is 108 Å². The van der Waals surface area contributed by atoms with Gasteiger partial charge in [-0.2, -0.15) is 0 Å². The minimum Gasteiger partial charge on any atom is -0.478 e. The van der Waals surface area contributed by atoms with Crippen LogP contribution < -0.4 is 10.2 Å². The minimum atomic E-state index is -0.989. The molecule has 0 amide bonds. The van der Waals surface area contributed by atoms with Crippen LogP contribution in [0.25, 0.3) is 10.8 Å². The maximum Gasteiger partial charge on any atom is 0.337 e. The summed E-state index contributed by atoms with van der Waals surface area (Å²) in [6.07, 6.45) is 2.31. The number of aromatic carboxylic acids is 1. The zero-order valence-electron chi connectivity index (χ0n) is 20.3. The minimum absolute atomic E-state index is 0.114. The van der Waals surface area contributed by atoms with Gasteiger partial charge in [-0.15, -0.1) is 0 Å². The summed E-state index contributed by atoms with van der Waals surface area (Å²) in [6, 6.07) is 25.3. The number of carboxylic acid groups (broad SMARTS) is 1. The second-order valence-electron chi connectivity index (χ2n) is 9.56. The second kappa shape index (κ2) is 10.5. The van der Waals surface area contributed by atoms with Gasteiger partial charge in [0.2, 0.25) is 0 Å². The number of hydrogen-bond donors (Lipinski definition) is 2.